The van der Waals surface area contributed by atoms with Crippen molar-refractivity contribution >= 4 is 11.9 Å². The summed E-state index contributed by atoms with van der Waals surface area (Å²) in [4.78, 5) is 25.9. The van der Waals surface area contributed by atoms with Crippen LogP contribution in [0.25, 0.3) is 0 Å². The van der Waals surface area contributed by atoms with E-state index in [1.807, 2.05) is 6.08 Å². The summed E-state index contributed by atoms with van der Waals surface area (Å²) in [7, 11) is 0. The lowest BCUT2D eigenvalue weighted by Crippen LogP contribution is -2.46. The molecule has 3 unspecified atom stereocenters. The van der Waals surface area contributed by atoms with Gasteiger partial charge in [0, 0.05) is 6.42 Å². The van der Waals surface area contributed by atoms with Gasteiger partial charge < -0.3 is 20.3 Å². The van der Waals surface area contributed by atoms with Crippen LogP contribution in [0, 0.1) is 0 Å². The lowest BCUT2D eigenvalue weighted by Gasteiger charge is -2.24. The highest BCUT2D eigenvalue weighted by atomic mass is 16.5. The van der Waals surface area contributed by atoms with E-state index in [-0.39, 0.29) is 31.3 Å². The van der Waals surface area contributed by atoms with Gasteiger partial charge in [0.25, 0.3) is 0 Å². The molecule has 6 nitrogen and oxygen atoms in total. The third kappa shape index (κ3) is 38.2. The number of unbranched alkanes of at least 4 members (excludes halogenated alkanes) is 18. The van der Waals surface area contributed by atoms with E-state index in [0.717, 1.165) is 70.6 Å². The third-order valence-electron chi connectivity index (χ3n) is 10.1. The Labute approximate surface area is 339 Å². The molecule has 1 amide bonds. The number of hydrogen-bond donors (Lipinski definition) is 3. The van der Waals surface area contributed by atoms with Crippen LogP contribution >= 0.6 is 0 Å². The second-order valence-electron chi connectivity index (χ2n) is 15.4. The van der Waals surface area contributed by atoms with Crippen LogP contribution in [0.3, 0.4) is 0 Å². The first kappa shape index (κ1) is 52.6. The van der Waals surface area contributed by atoms with Crippen molar-refractivity contribution in [3.05, 3.63) is 60.8 Å². The van der Waals surface area contributed by atoms with Crippen LogP contribution < -0.4 is 5.32 Å². The van der Waals surface area contributed by atoms with Crippen LogP contribution in [0.15, 0.2) is 60.8 Å². The predicted molar refractivity (Wildman–Crippen MR) is 236 cm³/mol. The lowest BCUT2D eigenvalue weighted by atomic mass is 10.0. The molecule has 0 aliphatic heterocycles. The highest BCUT2D eigenvalue weighted by Gasteiger charge is 2.24. The molecule has 0 aromatic rings. The van der Waals surface area contributed by atoms with E-state index in [9.17, 15) is 19.8 Å². The first-order chi connectivity index (χ1) is 27.0. The summed E-state index contributed by atoms with van der Waals surface area (Å²) in [6.07, 6.45) is 51.4. The fraction of sp³-hybridized carbons (Fsp3) is 0.755. The monoisotopic (exact) mass is 770 g/mol. The average Bonchev–Trinajstić information content (AvgIpc) is 3.18. The van der Waals surface area contributed by atoms with E-state index in [4.69, 9.17) is 4.74 Å². The van der Waals surface area contributed by atoms with Gasteiger partial charge in [-0.25, -0.2) is 0 Å². The van der Waals surface area contributed by atoms with Crippen molar-refractivity contribution in [3.8, 4) is 0 Å². The molecular formula is C49H87NO5. The topological polar surface area (TPSA) is 95.9 Å². The molecule has 0 fully saturated rings. The van der Waals surface area contributed by atoms with Crippen molar-refractivity contribution in [3.63, 3.8) is 0 Å². The maximum absolute atomic E-state index is 13.1. The second-order valence-corrected chi connectivity index (χ2v) is 15.4. The third-order valence-corrected chi connectivity index (χ3v) is 10.1. The zero-order valence-corrected chi connectivity index (χ0v) is 36.0. The molecule has 0 saturated heterocycles. The number of hydrogen-bond acceptors (Lipinski definition) is 5. The van der Waals surface area contributed by atoms with Crippen molar-refractivity contribution in [1.29, 1.82) is 0 Å². The second kappa shape index (κ2) is 42.7. The molecule has 0 spiro atoms. The van der Waals surface area contributed by atoms with Gasteiger partial charge in [0.1, 0.15) is 6.10 Å². The normalized spacial score (nSPS) is 13.9. The predicted octanol–water partition coefficient (Wildman–Crippen LogP) is 13.3. The number of ether oxygens (including phenoxy) is 1. The van der Waals surface area contributed by atoms with Gasteiger partial charge in [0.05, 0.1) is 25.2 Å². The summed E-state index contributed by atoms with van der Waals surface area (Å²) in [5.74, 6) is -0.575. The number of esters is 1. The number of aliphatic hydroxyl groups is 2. The van der Waals surface area contributed by atoms with Crippen molar-refractivity contribution in [2.75, 3.05) is 6.61 Å². The summed E-state index contributed by atoms with van der Waals surface area (Å²) < 4.78 is 5.85. The van der Waals surface area contributed by atoms with Gasteiger partial charge in [-0.3, -0.25) is 9.59 Å². The van der Waals surface area contributed by atoms with Crippen LogP contribution in [0.5, 0.6) is 0 Å². The Hall–Kier alpha value is -2.44. The molecule has 3 atom stereocenters. The van der Waals surface area contributed by atoms with Gasteiger partial charge in [-0.2, -0.15) is 0 Å². The Morgan fingerprint density at radius 3 is 1.38 bits per heavy atom. The molecule has 0 radical (unpaired) electrons. The van der Waals surface area contributed by atoms with Gasteiger partial charge in [-0.15, -0.1) is 0 Å². The molecule has 0 heterocycles. The molecule has 55 heavy (non-hydrogen) atoms. The van der Waals surface area contributed by atoms with Gasteiger partial charge in [-0.05, 0) is 57.8 Å². The Bertz CT molecular complexity index is 999. The molecular weight excluding hydrogens is 683 g/mol. The molecule has 3 N–H and O–H groups in total. The van der Waals surface area contributed by atoms with E-state index < -0.39 is 18.2 Å². The average molecular weight is 770 g/mol. The van der Waals surface area contributed by atoms with Gasteiger partial charge in [0.2, 0.25) is 5.91 Å². The SMILES string of the molecule is CC/C=C/C/C=C/C/C=C/C/C=C/C/C=C/CCC(=O)OC(CCCCCCCCCCCC)CC(=O)NC(CO)C(O)CCCCCCCCCCCC. The first-order valence-corrected chi connectivity index (χ1v) is 23.0. The van der Waals surface area contributed by atoms with E-state index in [1.54, 1.807) is 0 Å². The van der Waals surface area contributed by atoms with Crippen molar-refractivity contribution in [2.45, 2.75) is 232 Å². The Morgan fingerprint density at radius 1 is 0.545 bits per heavy atom. The zero-order chi connectivity index (χ0) is 40.3. The minimum atomic E-state index is -0.797. The Balaban J connectivity index is 4.67. The van der Waals surface area contributed by atoms with Crippen LogP contribution in [-0.4, -0.2) is 46.9 Å². The molecule has 6 heteroatoms. The zero-order valence-electron chi connectivity index (χ0n) is 36.0. The molecule has 318 valence electrons. The standard InChI is InChI=1S/C49H87NO5/c1-4-7-10-13-16-19-22-23-24-25-26-27-30-33-36-39-42-49(54)55-45(40-37-34-31-28-20-17-14-11-8-5-2)43-48(53)50-46(44-51)47(52)41-38-35-32-29-21-18-15-12-9-6-3/h7,10,16,19,23-24,26-27,33,36,45-47,51-52H,4-6,8-9,11-15,17-18,20-22,25,28-32,34-35,37-44H2,1-3H3,(H,50,53)/b10-7+,19-16+,24-23+,27-26+,36-33+. The Morgan fingerprint density at radius 2 is 0.945 bits per heavy atom. The molecule has 0 aliphatic carbocycles. The van der Waals surface area contributed by atoms with Crippen LogP contribution in [-0.2, 0) is 14.3 Å². The number of rotatable bonds is 40. The van der Waals surface area contributed by atoms with E-state index in [0.29, 0.717) is 19.3 Å². The van der Waals surface area contributed by atoms with Gasteiger partial charge in [-0.1, -0.05) is 204 Å². The number of amides is 1. The maximum Gasteiger partial charge on any atom is 0.306 e. The van der Waals surface area contributed by atoms with Crippen LogP contribution in [0.1, 0.15) is 213 Å². The van der Waals surface area contributed by atoms with E-state index in [1.165, 1.54) is 89.9 Å². The Kier molecular flexibility index (Phi) is 40.8. The fourth-order valence-corrected chi connectivity index (χ4v) is 6.65. The highest BCUT2D eigenvalue weighted by Crippen LogP contribution is 2.17. The quantitative estimate of drug-likeness (QED) is 0.0328. The lowest BCUT2D eigenvalue weighted by molar-refractivity contribution is -0.150. The largest absolute Gasteiger partial charge is 0.462 e. The summed E-state index contributed by atoms with van der Waals surface area (Å²) in [5.41, 5.74) is 0. The van der Waals surface area contributed by atoms with Crippen molar-refractivity contribution in [1.82, 2.24) is 5.32 Å². The smallest absolute Gasteiger partial charge is 0.306 e. The molecule has 0 aromatic heterocycles. The van der Waals surface area contributed by atoms with Gasteiger partial charge in [0.15, 0.2) is 0 Å². The molecule has 0 aromatic carbocycles. The molecule has 0 aliphatic rings. The number of carbonyl (C=O) groups is 2. The minimum absolute atomic E-state index is 0.0479. The van der Waals surface area contributed by atoms with E-state index in [2.05, 4.69) is 80.8 Å². The maximum atomic E-state index is 13.1. The molecule has 0 rings (SSSR count). The number of nitrogens with one attached hydrogen (secondary N) is 1. The van der Waals surface area contributed by atoms with Crippen LogP contribution in [0.2, 0.25) is 0 Å². The number of aliphatic hydroxyl groups excluding tert-OH is 2. The van der Waals surface area contributed by atoms with Crippen LogP contribution in [0.4, 0.5) is 0 Å². The number of allylic oxidation sites excluding steroid dienone is 10. The molecule has 0 bridgehead atoms. The minimum Gasteiger partial charge on any atom is -0.462 e. The summed E-state index contributed by atoms with van der Waals surface area (Å²) in [6, 6.07) is -0.713. The molecule has 0 saturated carbocycles. The fourth-order valence-electron chi connectivity index (χ4n) is 6.65. The van der Waals surface area contributed by atoms with Gasteiger partial charge >= 0.3 is 5.97 Å². The van der Waals surface area contributed by atoms with Crippen molar-refractivity contribution in [2.24, 2.45) is 0 Å². The van der Waals surface area contributed by atoms with E-state index >= 15 is 0 Å². The summed E-state index contributed by atoms with van der Waals surface area (Å²) >= 11 is 0. The first-order valence-electron chi connectivity index (χ1n) is 23.0. The number of carbonyl (C=O) groups excluding carboxylic acids is 2. The highest BCUT2D eigenvalue weighted by molar-refractivity contribution is 5.77. The summed E-state index contributed by atoms with van der Waals surface area (Å²) in [6.45, 7) is 6.31. The van der Waals surface area contributed by atoms with Crippen molar-refractivity contribution < 1.29 is 24.5 Å². The summed E-state index contributed by atoms with van der Waals surface area (Å²) in [5, 5.41) is 23.6.